The van der Waals surface area contributed by atoms with Gasteiger partial charge in [0.15, 0.2) is 12.5 Å². The third kappa shape index (κ3) is 1.12. The largest absolute Gasteiger partial charge is 0.364 e. The molecule has 1 aliphatic rings. The summed E-state index contributed by atoms with van der Waals surface area (Å²) in [6.45, 7) is 4.10. The summed E-state index contributed by atoms with van der Waals surface area (Å²) < 4.78 is 0. The first-order valence-electron chi connectivity index (χ1n) is 3.41. The average Bonchev–Trinajstić information content (AvgIpc) is 2.33. The van der Waals surface area contributed by atoms with Crippen LogP contribution in [0, 0.1) is 0 Å². The third-order valence-electron chi connectivity index (χ3n) is 1.56. The first-order valence-corrected chi connectivity index (χ1v) is 3.41. The second-order valence-corrected chi connectivity index (χ2v) is 2.60. The normalized spacial score (nSPS) is 23.5. The molecule has 3 nitrogen and oxygen atoms in total. The smallest absolute Gasteiger partial charge is 0.162 e. The summed E-state index contributed by atoms with van der Waals surface area (Å²) in [5, 5.41) is 2.92. The Balaban J connectivity index is 2.57. The summed E-state index contributed by atoms with van der Waals surface area (Å²) in [7, 11) is 0. The molecular weight excluding hydrogens is 128 g/mol. The van der Waals surface area contributed by atoms with Gasteiger partial charge < -0.3 is 10.2 Å². The molecule has 3 heteroatoms. The van der Waals surface area contributed by atoms with Gasteiger partial charge in [-0.3, -0.25) is 4.79 Å². The number of hydrogen-bond acceptors (Lipinski definition) is 3. The molecule has 0 aliphatic carbocycles. The summed E-state index contributed by atoms with van der Waals surface area (Å²) >= 11 is 0. The van der Waals surface area contributed by atoms with Crippen molar-refractivity contribution in [2.24, 2.45) is 0 Å². The van der Waals surface area contributed by atoms with Crippen LogP contribution in [0.1, 0.15) is 13.8 Å². The van der Waals surface area contributed by atoms with Crippen LogP contribution in [-0.4, -0.2) is 23.4 Å². The van der Waals surface area contributed by atoms with E-state index < -0.39 is 0 Å². The van der Waals surface area contributed by atoms with Crippen LogP contribution >= 0.6 is 0 Å². The van der Waals surface area contributed by atoms with Gasteiger partial charge in [-0.15, -0.1) is 0 Å². The molecule has 1 N–H and O–H groups in total. The van der Waals surface area contributed by atoms with Gasteiger partial charge in [0.1, 0.15) is 0 Å². The molecule has 10 heavy (non-hydrogen) atoms. The van der Waals surface area contributed by atoms with E-state index in [2.05, 4.69) is 5.32 Å². The molecule has 0 aromatic rings. The van der Waals surface area contributed by atoms with E-state index in [4.69, 9.17) is 0 Å². The summed E-state index contributed by atoms with van der Waals surface area (Å²) in [6.07, 6.45) is 4.43. The summed E-state index contributed by atoms with van der Waals surface area (Å²) in [6, 6.07) is 0.376. The number of aldehydes is 1. The molecule has 1 rings (SSSR count). The molecule has 1 heterocycles. The number of hydrogen-bond donors (Lipinski definition) is 1. The van der Waals surface area contributed by atoms with Gasteiger partial charge in [0.25, 0.3) is 0 Å². The molecular formula is C7H12N2O. The lowest BCUT2D eigenvalue weighted by atomic mass is 10.3. The zero-order chi connectivity index (χ0) is 7.56. The lowest BCUT2D eigenvalue weighted by molar-refractivity contribution is -0.112. The van der Waals surface area contributed by atoms with Crippen molar-refractivity contribution in [1.29, 1.82) is 0 Å². The van der Waals surface area contributed by atoms with E-state index >= 15 is 0 Å². The fraction of sp³-hybridized carbons (Fsp3) is 0.571. The average molecular weight is 140 g/mol. The number of nitrogens with zero attached hydrogens (tertiary/aromatic N) is 1. The minimum absolute atomic E-state index is 0.153. The SMILES string of the molecule is CC(C)N1C=CNC1C=O. The van der Waals surface area contributed by atoms with E-state index in [1.54, 1.807) is 6.20 Å². The Kier molecular flexibility index (Phi) is 1.94. The van der Waals surface area contributed by atoms with Crippen LogP contribution in [0.2, 0.25) is 0 Å². The van der Waals surface area contributed by atoms with Crippen LogP contribution in [0.5, 0.6) is 0 Å². The molecule has 0 fully saturated rings. The summed E-state index contributed by atoms with van der Waals surface area (Å²) in [4.78, 5) is 12.3. The standard InChI is InChI=1S/C7H12N2O/c1-6(2)9-4-3-8-7(9)5-10/h3-8H,1-2H3. The van der Waals surface area contributed by atoms with Crippen molar-refractivity contribution in [2.45, 2.75) is 26.1 Å². The maximum Gasteiger partial charge on any atom is 0.162 e. The molecule has 0 saturated heterocycles. The van der Waals surface area contributed by atoms with Crippen molar-refractivity contribution < 1.29 is 4.79 Å². The highest BCUT2D eigenvalue weighted by atomic mass is 16.1. The Bertz CT molecular complexity index is 154. The highest BCUT2D eigenvalue weighted by molar-refractivity contribution is 5.58. The maximum absolute atomic E-state index is 10.4. The molecule has 0 bridgehead atoms. The predicted octanol–water partition coefficient (Wildman–Crippen LogP) is 0.296. The van der Waals surface area contributed by atoms with Crippen LogP contribution in [0.4, 0.5) is 0 Å². The summed E-state index contributed by atoms with van der Waals surface area (Å²) in [5.74, 6) is 0. The first-order chi connectivity index (χ1) is 4.75. The molecule has 0 amide bonds. The molecule has 0 saturated carbocycles. The fourth-order valence-corrected chi connectivity index (χ4v) is 1.01. The zero-order valence-electron chi connectivity index (χ0n) is 6.24. The van der Waals surface area contributed by atoms with Crippen LogP contribution < -0.4 is 5.32 Å². The minimum atomic E-state index is -0.153. The van der Waals surface area contributed by atoms with Crippen molar-refractivity contribution in [1.82, 2.24) is 10.2 Å². The van der Waals surface area contributed by atoms with E-state index in [-0.39, 0.29) is 6.17 Å². The Morgan fingerprint density at radius 1 is 1.70 bits per heavy atom. The predicted molar refractivity (Wildman–Crippen MR) is 39.1 cm³/mol. The van der Waals surface area contributed by atoms with Gasteiger partial charge in [-0.2, -0.15) is 0 Å². The Morgan fingerprint density at radius 2 is 2.40 bits per heavy atom. The number of nitrogens with one attached hydrogen (secondary N) is 1. The van der Waals surface area contributed by atoms with Crippen molar-refractivity contribution in [2.75, 3.05) is 0 Å². The molecule has 1 unspecified atom stereocenters. The van der Waals surface area contributed by atoms with Gasteiger partial charge >= 0.3 is 0 Å². The fourth-order valence-electron chi connectivity index (χ4n) is 1.01. The highest BCUT2D eigenvalue weighted by Gasteiger charge is 2.18. The summed E-state index contributed by atoms with van der Waals surface area (Å²) in [5.41, 5.74) is 0. The van der Waals surface area contributed by atoms with E-state index in [0.717, 1.165) is 6.29 Å². The Hall–Kier alpha value is -0.990. The number of carbonyl (C=O) groups excluding carboxylic acids is 1. The van der Waals surface area contributed by atoms with Crippen molar-refractivity contribution in [3.05, 3.63) is 12.4 Å². The van der Waals surface area contributed by atoms with E-state index in [9.17, 15) is 4.79 Å². The molecule has 0 spiro atoms. The number of rotatable bonds is 2. The lowest BCUT2D eigenvalue weighted by Crippen LogP contribution is -2.40. The van der Waals surface area contributed by atoms with Crippen LogP contribution in [0.3, 0.4) is 0 Å². The highest BCUT2D eigenvalue weighted by Crippen LogP contribution is 2.06. The Labute approximate surface area is 60.7 Å². The van der Waals surface area contributed by atoms with E-state index in [0.29, 0.717) is 6.04 Å². The molecule has 0 radical (unpaired) electrons. The second-order valence-electron chi connectivity index (χ2n) is 2.60. The first kappa shape index (κ1) is 7.12. The van der Waals surface area contributed by atoms with Gasteiger partial charge in [0.2, 0.25) is 0 Å². The van der Waals surface area contributed by atoms with Crippen LogP contribution in [0.25, 0.3) is 0 Å². The maximum atomic E-state index is 10.4. The van der Waals surface area contributed by atoms with Crippen LogP contribution in [0.15, 0.2) is 12.4 Å². The topological polar surface area (TPSA) is 32.3 Å². The third-order valence-corrected chi connectivity index (χ3v) is 1.56. The van der Waals surface area contributed by atoms with E-state index in [1.165, 1.54) is 0 Å². The molecule has 56 valence electrons. The minimum Gasteiger partial charge on any atom is -0.364 e. The van der Waals surface area contributed by atoms with E-state index in [1.807, 2.05) is 24.9 Å². The number of carbonyl (C=O) groups is 1. The molecule has 0 aromatic carbocycles. The lowest BCUT2D eigenvalue weighted by Gasteiger charge is -2.24. The van der Waals surface area contributed by atoms with Gasteiger partial charge in [0.05, 0.1) is 0 Å². The molecule has 1 atom stereocenters. The van der Waals surface area contributed by atoms with Gasteiger partial charge in [0, 0.05) is 18.4 Å². The molecule has 1 aliphatic heterocycles. The molecule has 0 aromatic heterocycles. The zero-order valence-corrected chi connectivity index (χ0v) is 6.24. The monoisotopic (exact) mass is 140 g/mol. The second kappa shape index (κ2) is 2.73. The van der Waals surface area contributed by atoms with Gasteiger partial charge in [-0.1, -0.05) is 0 Å². The van der Waals surface area contributed by atoms with Crippen molar-refractivity contribution >= 4 is 6.29 Å². The van der Waals surface area contributed by atoms with Crippen molar-refractivity contribution in [3.63, 3.8) is 0 Å². The van der Waals surface area contributed by atoms with Gasteiger partial charge in [-0.25, -0.2) is 0 Å². The van der Waals surface area contributed by atoms with Crippen molar-refractivity contribution in [3.8, 4) is 0 Å². The van der Waals surface area contributed by atoms with Crippen LogP contribution in [-0.2, 0) is 4.79 Å². The quantitative estimate of drug-likeness (QED) is 0.560. The Morgan fingerprint density at radius 3 is 2.80 bits per heavy atom. The van der Waals surface area contributed by atoms with Gasteiger partial charge in [-0.05, 0) is 13.8 Å².